The summed E-state index contributed by atoms with van der Waals surface area (Å²) in [7, 11) is 0. The van der Waals surface area contributed by atoms with Gasteiger partial charge in [0.05, 0.1) is 11.4 Å². The van der Waals surface area contributed by atoms with Crippen LogP contribution in [0.3, 0.4) is 0 Å². The molecule has 2 amide bonds. The maximum Gasteiger partial charge on any atom is 0.237 e. The molecule has 0 saturated heterocycles. The number of benzene rings is 3. The molecule has 3 rings (SSSR count). The Balaban J connectivity index is 1.83. The molecule has 4 nitrogen and oxygen atoms in total. The predicted octanol–water partition coefficient (Wildman–Crippen LogP) is 4.40. The van der Waals surface area contributed by atoms with Crippen LogP contribution in [0.2, 0.25) is 0 Å². The smallest absolute Gasteiger partial charge is 0.237 e. The van der Waals surface area contributed by atoms with Gasteiger partial charge in [-0.1, -0.05) is 54.6 Å². The van der Waals surface area contributed by atoms with Gasteiger partial charge >= 0.3 is 0 Å². The maximum absolute atomic E-state index is 13.9. The SMILES string of the molecule is O=C(Nc1ccccc1F)C(Cc1ccccc1)C(=O)Nc1ccccc1F. The van der Waals surface area contributed by atoms with E-state index >= 15 is 0 Å². The number of anilines is 2. The molecule has 142 valence electrons. The number of rotatable bonds is 6. The minimum Gasteiger partial charge on any atom is -0.323 e. The van der Waals surface area contributed by atoms with Crippen LogP contribution < -0.4 is 10.6 Å². The fraction of sp³-hybridized carbons (Fsp3) is 0.0909. The van der Waals surface area contributed by atoms with Gasteiger partial charge < -0.3 is 10.6 Å². The van der Waals surface area contributed by atoms with Crippen molar-refractivity contribution in [2.24, 2.45) is 5.92 Å². The summed E-state index contributed by atoms with van der Waals surface area (Å²) in [6, 6.07) is 20.3. The summed E-state index contributed by atoms with van der Waals surface area (Å²) in [5.41, 5.74) is 0.702. The molecule has 3 aromatic carbocycles. The highest BCUT2D eigenvalue weighted by atomic mass is 19.1. The second kappa shape index (κ2) is 8.90. The van der Waals surface area contributed by atoms with Crippen molar-refractivity contribution < 1.29 is 18.4 Å². The summed E-state index contributed by atoms with van der Waals surface area (Å²) in [6.45, 7) is 0. The topological polar surface area (TPSA) is 58.2 Å². The first-order chi connectivity index (χ1) is 13.5. The second-order valence-electron chi connectivity index (χ2n) is 6.18. The van der Waals surface area contributed by atoms with E-state index in [1.54, 1.807) is 36.4 Å². The Morgan fingerprint density at radius 3 is 1.57 bits per heavy atom. The molecule has 0 heterocycles. The van der Waals surface area contributed by atoms with Gasteiger partial charge in [0.25, 0.3) is 0 Å². The highest BCUT2D eigenvalue weighted by Crippen LogP contribution is 2.19. The van der Waals surface area contributed by atoms with E-state index in [1.165, 1.54) is 36.4 Å². The number of carbonyl (C=O) groups is 2. The van der Waals surface area contributed by atoms with Crippen LogP contribution in [0.4, 0.5) is 20.2 Å². The molecule has 0 aromatic heterocycles. The Hall–Kier alpha value is -3.54. The van der Waals surface area contributed by atoms with Crippen molar-refractivity contribution in [3.05, 3.63) is 96.1 Å². The normalized spacial score (nSPS) is 10.5. The molecule has 0 aliphatic carbocycles. The van der Waals surface area contributed by atoms with Crippen LogP contribution in [0.1, 0.15) is 5.56 Å². The third-order valence-electron chi connectivity index (χ3n) is 4.18. The lowest BCUT2D eigenvalue weighted by molar-refractivity contribution is -0.129. The lowest BCUT2D eigenvalue weighted by Crippen LogP contribution is -2.35. The Kier molecular flexibility index (Phi) is 6.11. The van der Waals surface area contributed by atoms with Gasteiger partial charge in [-0.25, -0.2) is 8.78 Å². The van der Waals surface area contributed by atoms with E-state index < -0.39 is 29.4 Å². The molecular weight excluding hydrogens is 362 g/mol. The molecule has 6 heteroatoms. The average molecular weight is 380 g/mol. The Morgan fingerprint density at radius 2 is 1.11 bits per heavy atom. The number of halogens is 2. The van der Waals surface area contributed by atoms with Crippen molar-refractivity contribution >= 4 is 23.2 Å². The van der Waals surface area contributed by atoms with Gasteiger partial charge in [-0.05, 0) is 36.2 Å². The zero-order chi connectivity index (χ0) is 19.9. The zero-order valence-corrected chi connectivity index (χ0v) is 14.9. The Morgan fingerprint density at radius 1 is 0.679 bits per heavy atom. The second-order valence-corrected chi connectivity index (χ2v) is 6.18. The fourth-order valence-electron chi connectivity index (χ4n) is 2.72. The number of hydrogen-bond donors (Lipinski definition) is 2. The summed E-state index contributed by atoms with van der Waals surface area (Å²) in [5.74, 6) is -3.75. The minimum atomic E-state index is -1.18. The first kappa shape index (κ1) is 19.2. The van der Waals surface area contributed by atoms with Crippen LogP contribution in [0.5, 0.6) is 0 Å². The number of hydrogen-bond acceptors (Lipinski definition) is 2. The molecule has 0 spiro atoms. The maximum atomic E-state index is 13.9. The molecule has 0 saturated carbocycles. The first-order valence-electron chi connectivity index (χ1n) is 8.69. The zero-order valence-electron chi connectivity index (χ0n) is 14.9. The van der Waals surface area contributed by atoms with Crippen LogP contribution >= 0.6 is 0 Å². The molecule has 0 fully saturated rings. The van der Waals surface area contributed by atoms with E-state index in [4.69, 9.17) is 0 Å². The molecule has 0 aliphatic rings. The number of nitrogens with one attached hydrogen (secondary N) is 2. The Labute approximate surface area is 161 Å². The van der Waals surface area contributed by atoms with Gasteiger partial charge in [0, 0.05) is 0 Å². The molecule has 2 N–H and O–H groups in total. The molecule has 0 bridgehead atoms. The van der Waals surface area contributed by atoms with Crippen molar-refractivity contribution in [2.75, 3.05) is 10.6 Å². The number of carbonyl (C=O) groups excluding carboxylic acids is 2. The van der Waals surface area contributed by atoms with Crippen LogP contribution in [0.15, 0.2) is 78.9 Å². The van der Waals surface area contributed by atoms with E-state index in [0.29, 0.717) is 0 Å². The summed E-state index contributed by atoms with van der Waals surface area (Å²) < 4.78 is 27.8. The van der Waals surface area contributed by atoms with Crippen molar-refractivity contribution in [3.63, 3.8) is 0 Å². The largest absolute Gasteiger partial charge is 0.323 e. The van der Waals surface area contributed by atoms with Gasteiger partial charge in [0.1, 0.15) is 17.6 Å². The van der Waals surface area contributed by atoms with Crippen molar-refractivity contribution in [1.29, 1.82) is 0 Å². The van der Waals surface area contributed by atoms with Crippen molar-refractivity contribution in [2.45, 2.75) is 6.42 Å². The molecule has 0 radical (unpaired) electrons. The standard InChI is InChI=1S/C22H18F2N2O2/c23-17-10-4-6-12-19(17)25-21(27)16(14-15-8-2-1-3-9-15)22(28)26-20-13-7-5-11-18(20)24/h1-13,16H,14H2,(H,25,27)(H,26,28). The molecule has 3 aromatic rings. The first-order valence-corrected chi connectivity index (χ1v) is 8.69. The molecule has 0 aliphatic heterocycles. The number of para-hydroxylation sites is 2. The third kappa shape index (κ3) is 4.79. The lowest BCUT2D eigenvalue weighted by Gasteiger charge is -2.17. The van der Waals surface area contributed by atoms with Crippen LogP contribution in [-0.2, 0) is 16.0 Å². The highest BCUT2D eigenvalue weighted by molar-refractivity contribution is 6.11. The van der Waals surface area contributed by atoms with E-state index in [2.05, 4.69) is 10.6 Å². The number of amides is 2. The minimum absolute atomic E-state index is 0.0238. The molecule has 28 heavy (non-hydrogen) atoms. The van der Waals surface area contributed by atoms with E-state index in [1.807, 2.05) is 6.07 Å². The lowest BCUT2D eigenvalue weighted by atomic mass is 9.97. The van der Waals surface area contributed by atoms with Crippen molar-refractivity contribution in [3.8, 4) is 0 Å². The third-order valence-corrected chi connectivity index (χ3v) is 4.18. The van der Waals surface area contributed by atoms with Crippen LogP contribution in [0, 0.1) is 17.6 Å². The average Bonchev–Trinajstić information content (AvgIpc) is 2.70. The molecule has 0 atom stereocenters. The van der Waals surface area contributed by atoms with Gasteiger partial charge in [0.2, 0.25) is 11.8 Å². The van der Waals surface area contributed by atoms with E-state index in [0.717, 1.165) is 5.56 Å². The summed E-state index contributed by atoms with van der Waals surface area (Å²) >= 11 is 0. The summed E-state index contributed by atoms with van der Waals surface area (Å²) in [5, 5.41) is 4.89. The van der Waals surface area contributed by atoms with Gasteiger partial charge in [-0.15, -0.1) is 0 Å². The Bertz CT molecular complexity index is 918. The quantitative estimate of drug-likeness (QED) is 0.623. The van der Waals surface area contributed by atoms with Crippen LogP contribution in [0.25, 0.3) is 0 Å². The van der Waals surface area contributed by atoms with Gasteiger partial charge in [0.15, 0.2) is 0 Å². The van der Waals surface area contributed by atoms with E-state index in [9.17, 15) is 18.4 Å². The van der Waals surface area contributed by atoms with Gasteiger partial charge in [-0.2, -0.15) is 0 Å². The fourth-order valence-corrected chi connectivity index (χ4v) is 2.72. The molecule has 0 unspecified atom stereocenters. The predicted molar refractivity (Wildman–Crippen MR) is 104 cm³/mol. The van der Waals surface area contributed by atoms with Gasteiger partial charge in [-0.3, -0.25) is 9.59 Å². The molecular formula is C22H18F2N2O2. The monoisotopic (exact) mass is 380 g/mol. The highest BCUT2D eigenvalue weighted by Gasteiger charge is 2.28. The van der Waals surface area contributed by atoms with Crippen LogP contribution in [-0.4, -0.2) is 11.8 Å². The van der Waals surface area contributed by atoms with Crippen molar-refractivity contribution in [1.82, 2.24) is 0 Å². The summed E-state index contributed by atoms with van der Waals surface area (Å²) in [6.07, 6.45) is 0.0847. The van der Waals surface area contributed by atoms with E-state index in [-0.39, 0.29) is 17.8 Å². The summed E-state index contributed by atoms with van der Waals surface area (Å²) in [4.78, 5) is 25.5.